The fraction of sp³-hybridized carbons (Fsp3) is 0.294. The molecule has 1 heterocycles. The van der Waals surface area contributed by atoms with Gasteiger partial charge in [0.2, 0.25) is 0 Å². The molecular formula is C17H21BOSi. The Hall–Kier alpha value is -1.32. The topological polar surface area (TPSA) is 9.23 Å². The third-order valence-electron chi connectivity index (χ3n) is 4.77. The Morgan fingerprint density at radius 3 is 1.65 bits per heavy atom. The number of rotatable bonds is 3. The van der Waals surface area contributed by atoms with Crippen molar-refractivity contribution in [3.63, 3.8) is 0 Å². The normalized spacial score (nSPS) is 17.9. The molecule has 102 valence electrons. The van der Waals surface area contributed by atoms with Gasteiger partial charge in [0.05, 0.1) is 0 Å². The first-order chi connectivity index (χ1) is 9.85. The predicted octanol–water partition coefficient (Wildman–Crippen LogP) is 2.90. The van der Waals surface area contributed by atoms with Gasteiger partial charge in [-0.05, 0) is 12.6 Å². The van der Waals surface area contributed by atoms with Crippen molar-refractivity contribution in [1.82, 2.24) is 0 Å². The van der Waals surface area contributed by atoms with Gasteiger partial charge in [0.1, 0.15) is 8.07 Å². The SMILES string of the molecule is COB1CC[Si](c2ccccc2)(c2ccccc2)CC1. The van der Waals surface area contributed by atoms with Gasteiger partial charge < -0.3 is 4.65 Å². The Morgan fingerprint density at radius 2 is 1.25 bits per heavy atom. The van der Waals surface area contributed by atoms with Crippen molar-refractivity contribution in [3.05, 3.63) is 60.7 Å². The van der Waals surface area contributed by atoms with Crippen LogP contribution in [-0.2, 0) is 4.65 Å². The summed E-state index contributed by atoms with van der Waals surface area (Å²) >= 11 is 0. The van der Waals surface area contributed by atoms with Crippen molar-refractivity contribution in [3.8, 4) is 0 Å². The molecule has 0 amide bonds. The van der Waals surface area contributed by atoms with Crippen LogP contribution in [0.5, 0.6) is 0 Å². The summed E-state index contributed by atoms with van der Waals surface area (Å²) in [5, 5.41) is 3.17. The quantitative estimate of drug-likeness (QED) is 0.786. The van der Waals surface area contributed by atoms with Crippen LogP contribution in [-0.4, -0.2) is 22.1 Å². The van der Waals surface area contributed by atoms with Crippen molar-refractivity contribution in [2.75, 3.05) is 7.11 Å². The minimum atomic E-state index is -1.57. The zero-order chi connectivity index (χ0) is 13.8. The lowest BCUT2D eigenvalue weighted by molar-refractivity contribution is 0.418. The molecule has 1 fully saturated rings. The van der Waals surface area contributed by atoms with Crippen molar-refractivity contribution in [2.24, 2.45) is 0 Å². The molecule has 0 atom stereocenters. The summed E-state index contributed by atoms with van der Waals surface area (Å²) in [4.78, 5) is 0. The van der Waals surface area contributed by atoms with Crippen molar-refractivity contribution < 1.29 is 4.65 Å². The van der Waals surface area contributed by atoms with Gasteiger partial charge in [-0.2, -0.15) is 0 Å². The highest BCUT2D eigenvalue weighted by atomic mass is 28.3. The average molecular weight is 280 g/mol. The fourth-order valence-corrected chi connectivity index (χ4v) is 8.61. The van der Waals surface area contributed by atoms with Crippen LogP contribution in [0.25, 0.3) is 0 Å². The summed E-state index contributed by atoms with van der Waals surface area (Å²) < 4.78 is 5.58. The maximum absolute atomic E-state index is 5.58. The van der Waals surface area contributed by atoms with Gasteiger partial charge in [-0.1, -0.05) is 83.1 Å². The summed E-state index contributed by atoms with van der Waals surface area (Å²) in [6, 6.07) is 25.0. The first-order valence-corrected chi connectivity index (χ1v) is 9.90. The maximum atomic E-state index is 5.58. The van der Waals surface area contributed by atoms with E-state index in [1.165, 1.54) is 24.7 Å². The molecule has 2 aromatic rings. The third kappa shape index (κ3) is 2.48. The molecule has 0 bridgehead atoms. The van der Waals surface area contributed by atoms with Crippen LogP contribution in [0.4, 0.5) is 0 Å². The van der Waals surface area contributed by atoms with Crippen molar-refractivity contribution >= 4 is 25.4 Å². The molecule has 0 unspecified atom stereocenters. The molecule has 0 radical (unpaired) electrons. The molecule has 0 aliphatic carbocycles. The smallest absolute Gasteiger partial charge is 0.292 e. The molecule has 3 heteroatoms. The van der Waals surface area contributed by atoms with E-state index in [0.717, 1.165) is 0 Å². The van der Waals surface area contributed by atoms with E-state index in [4.69, 9.17) is 4.65 Å². The monoisotopic (exact) mass is 280 g/mol. The lowest BCUT2D eigenvalue weighted by Crippen LogP contribution is -2.60. The second kappa shape index (κ2) is 5.98. The molecule has 0 N–H and O–H groups in total. The Bertz CT molecular complexity index is 494. The van der Waals surface area contributed by atoms with Crippen LogP contribution < -0.4 is 10.4 Å². The van der Waals surface area contributed by atoms with E-state index in [0.29, 0.717) is 6.92 Å². The van der Waals surface area contributed by atoms with Gasteiger partial charge in [0.15, 0.2) is 0 Å². The Labute approximate surface area is 123 Å². The van der Waals surface area contributed by atoms with E-state index in [9.17, 15) is 0 Å². The van der Waals surface area contributed by atoms with Gasteiger partial charge in [-0.3, -0.25) is 0 Å². The summed E-state index contributed by atoms with van der Waals surface area (Å²) in [6.07, 6.45) is 2.40. The number of benzene rings is 2. The van der Waals surface area contributed by atoms with E-state index in [1.807, 2.05) is 7.11 Å². The van der Waals surface area contributed by atoms with Crippen LogP contribution in [0, 0.1) is 0 Å². The predicted molar refractivity (Wildman–Crippen MR) is 89.9 cm³/mol. The molecule has 2 aromatic carbocycles. The third-order valence-corrected chi connectivity index (χ3v) is 9.93. The molecule has 0 aromatic heterocycles. The van der Waals surface area contributed by atoms with Gasteiger partial charge in [-0.15, -0.1) is 0 Å². The van der Waals surface area contributed by atoms with Crippen LogP contribution in [0.1, 0.15) is 0 Å². The molecule has 1 aliphatic rings. The van der Waals surface area contributed by atoms with E-state index in [2.05, 4.69) is 60.7 Å². The number of hydrogen-bond acceptors (Lipinski definition) is 1. The summed E-state index contributed by atoms with van der Waals surface area (Å²) in [5.74, 6) is 0. The van der Waals surface area contributed by atoms with E-state index >= 15 is 0 Å². The Balaban J connectivity index is 2.01. The molecule has 1 aliphatic heterocycles. The minimum absolute atomic E-state index is 0.461. The number of hydrogen-bond donors (Lipinski definition) is 0. The van der Waals surface area contributed by atoms with Gasteiger partial charge in [0, 0.05) is 7.11 Å². The Kier molecular flexibility index (Phi) is 4.08. The van der Waals surface area contributed by atoms with Gasteiger partial charge in [-0.25, -0.2) is 0 Å². The molecule has 1 saturated heterocycles. The summed E-state index contributed by atoms with van der Waals surface area (Å²) in [5.41, 5.74) is 0. The molecule has 0 spiro atoms. The highest BCUT2D eigenvalue weighted by Gasteiger charge is 2.41. The fourth-order valence-electron chi connectivity index (χ4n) is 3.58. The van der Waals surface area contributed by atoms with Crippen LogP contribution in [0.15, 0.2) is 60.7 Å². The first-order valence-electron chi connectivity index (χ1n) is 7.49. The van der Waals surface area contributed by atoms with Crippen LogP contribution in [0.2, 0.25) is 24.7 Å². The minimum Gasteiger partial charge on any atom is -0.439 e. The van der Waals surface area contributed by atoms with Gasteiger partial charge >= 0.3 is 0 Å². The van der Waals surface area contributed by atoms with Gasteiger partial charge in [0.25, 0.3) is 6.92 Å². The molecule has 20 heavy (non-hydrogen) atoms. The molecule has 3 rings (SSSR count). The molecule has 1 nitrogen and oxygen atoms in total. The second-order valence-electron chi connectivity index (χ2n) is 5.75. The zero-order valence-electron chi connectivity index (χ0n) is 12.1. The highest BCUT2D eigenvalue weighted by molar-refractivity contribution is 7.03. The standard InChI is InChI=1S/C17H21BOSi/c1-19-18-12-14-20(15-13-18,16-8-4-2-5-9-16)17-10-6-3-7-11-17/h2-11H,12-15H2,1H3. The van der Waals surface area contributed by atoms with Crippen molar-refractivity contribution in [2.45, 2.75) is 24.7 Å². The summed E-state index contributed by atoms with van der Waals surface area (Å²) in [7, 11) is 0.278. The van der Waals surface area contributed by atoms with E-state index in [-0.39, 0.29) is 0 Å². The zero-order valence-corrected chi connectivity index (χ0v) is 13.1. The first kappa shape index (κ1) is 13.7. The van der Waals surface area contributed by atoms with Crippen molar-refractivity contribution in [1.29, 1.82) is 0 Å². The maximum Gasteiger partial charge on any atom is 0.292 e. The molecule has 0 saturated carbocycles. The average Bonchev–Trinajstić information content (AvgIpc) is 2.56. The van der Waals surface area contributed by atoms with E-state index < -0.39 is 8.07 Å². The lowest BCUT2D eigenvalue weighted by Gasteiger charge is -2.38. The molecular weight excluding hydrogens is 259 g/mol. The second-order valence-corrected chi connectivity index (χ2v) is 10.1. The largest absolute Gasteiger partial charge is 0.439 e. The van der Waals surface area contributed by atoms with E-state index in [1.54, 1.807) is 10.4 Å². The van der Waals surface area contributed by atoms with Crippen LogP contribution in [0.3, 0.4) is 0 Å². The highest BCUT2D eigenvalue weighted by Crippen LogP contribution is 2.29. The Morgan fingerprint density at radius 1 is 0.800 bits per heavy atom. The lowest BCUT2D eigenvalue weighted by atomic mass is 9.62. The van der Waals surface area contributed by atoms with Crippen LogP contribution >= 0.6 is 0 Å². The summed E-state index contributed by atoms with van der Waals surface area (Å²) in [6.45, 7) is 0.461.